The minimum Gasteiger partial charge on any atom is -0.289 e. The first-order valence-corrected chi connectivity index (χ1v) is 8.08. The Labute approximate surface area is 126 Å². The first-order valence-electron chi connectivity index (χ1n) is 8.08. The Bertz CT molecular complexity index is 637. The molecule has 1 unspecified atom stereocenters. The van der Waals surface area contributed by atoms with E-state index in [0.29, 0.717) is 17.0 Å². The molecule has 0 aromatic heterocycles. The van der Waals surface area contributed by atoms with Crippen LogP contribution in [-0.2, 0) is 0 Å². The third-order valence-corrected chi connectivity index (χ3v) is 4.84. The van der Waals surface area contributed by atoms with Crippen molar-refractivity contribution in [1.82, 2.24) is 0 Å². The fourth-order valence-corrected chi connectivity index (χ4v) is 3.59. The number of hydrogen-bond donors (Lipinski definition) is 0. The fourth-order valence-electron chi connectivity index (χ4n) is 3.59. The Morgan fingerprint density at radius 1 is 1.00 bits per heavy atom. The summed E-state index contributed by atoms with van der Waals surface area (Å²) in [6.07, 6.45) is 5.83. The number of Topliss-reactive ketones (excluding diaryl/α,β-unsaturated/α-hetero) is 2. The average molecular weight is 282 g/mol. The number of ketones is 2. The van der Waals surface area contributed by atoms with Crippen LogP contribution in [0.5, 0.6) is 0 Å². The normalized spacial score (nSPS) is 19.3. The lowest BCUT2D eigenvalue weighted by molar-refractivity contribution is 0.0964. The predicted molar refractivity (Wildman–Crippen MR) is 83.9 cm³/mol. The topological polar surface area (TPSA) is 34.1 Å². The minimum absolute atomic E-state index is 0.0917. The number of rotatable bonds is 3. The molecule has 0 radical (unpaired) electrons. The molecule has 0 bridgehead atoms. The van der Waals surface area contributed by atoms with Gasteiger partial charge in [-0.1, -0.05) is 32.4 Å². The van der Waals surface area contributed by atoms with Gasteiger partial charge in [0.2, 0.25) is 0 Å². The molecule has 1 aromatic rings. The van der Waals surface area contributed by atoms with Crippen molar-refractivity contribution in [2.45, 2.75) is 58.3 Å². The molecule has 1 aromatic carbocycles. The molecule has 1 atom stereocenters. The Morgan fingerprint density at radius 3 is 2.24 bits per heavy atom. The van der Waals surface area contributed by atoms with Crippen molar-refractivity contribution in [3.8, 4) is 0 Å². The number of allylic oxidation sites excluding steroid dienone is 2. The van der Waals surface area contributed by atoms with E-state index in [4.69, 9.17) is 0 Å². The summed E-state index contributed by atoms with van der Waals surface area (Å²) in [5, 5.41) is 0. The highest BCUT2D eigenvalue weighted by Crippen LogP contribution is 2.36. The van der Waals surface area contributed by atoms with Gasteiger partial charge in [0, 0.05) is 22.3 Å². The number of hydrogen-bond acceptors (Lipinski definition) is 2. The molecule has 0 heterocycles. The van der Waals surface area contributed by atoms with E-state index in [-0.39, 0.29) is 11.6 Å². The van der Waals surface area contributed by atoms with Crippen molar-refractivity contribution < 1.29 is 9.59 Å². The highest BCUT2D eigenvalue weighted by molar-refractivity contribution is 6.27. The molecule has 0 N–H and O–H groups in total. The SMILES string of the molecule is CCCC(C)c1ccc2c(c1)C(=O)C1=C(CCCC1)C2=O. The van der Waals surface area contributed by atoms with Crippen molar-refractivity contribution >= 4 is 11.6 Å². The lowest BCUT2D eigenvalue weighted by Crippen LogP contribution is -2.24. The number of benzene rings is 1. The molecule has 2 aliphatic carbocycles. The third kappa shape index (κ3) is 2.37. The number of fused-ring (bicyclic) bond motifs is 1. The van der Waals surface area contributed by atoms with Crippen molar-refractivity contribution in [1.29, 1.82) is 0 Å². The van der Waals surface area contributed by atoms with Gasteiger partial charge in [-0.15, -0.1) is 0 Å². The molecule has 0 aliphatic heterocycles. The van der Waals surface area contributed by atoms with E-state index < -0.39 is 0 Å². The summed E-state index contributed by atoms with van der Waals surface area (Å²) in [6, 6.07) is 5.86. The van der Waals surface area contributed by atoms with Crippen molar-refractivity contribution in [2.24, 2.45) is 0 Å². The first-order chi connectivity index (χ1) is 10.1. The highest BCUT2D eigenvalue weighted by Gasteiger charge is 2.33. The molecule has 0 amide bonds. The second-order valence-corrected chi connectivity index (χ2v) is 6.32. The maximum Gasteiger partial charge on any atom is 0.190 e. The molecule has 2 nitrogen and oxygen atoms in total. The van der Waals surface area contributed by atoms with Gasteiger partial charge >= 0.3 is 0 Å². The van der Waals surface area contributed by atoms with E-state index in [9.17, 15) is 9.59 Å². The molecule has 2 aliphatic rings. The summed E-state index contributed by atoms with van der Waals surface area (Å²) >= 11 is 0. The van der Waals surface area contributed by atoms with Gasteiger partial charge in [0.1, 0.15) is 0 Å². The van der Waals surface area contributed by atoms with Gasteiger partial charge in [0.05, 0.1) is 0 Å². The van der Waals surface area contributed by atoms with Crippen molar-refractivity contribution in [2.75, 3.05) is 0 Å². The number of carbonyl (C=O) groups is 2. The summed E-state index contributed by atoms with van der Waals surface area (Å²) < 4.78 is 0. The van der Waals surface area contributed by atoms with E-state index in [1.807, 2.05) is 18.2 Å². The predicted octanol–water partition coefficient (Wildman–Crippen LogP) is 4.84. The monoisotopic (exact) mass is 282 g/mol. The molecule has 110 valence electrons. The van der Waals surface area contributed by atoms with Crippen LogP contribution in [0.1, 0.15) is 84.6 Å². The fraction of sp³-hybridized carbons (Fsp3) is 0.474. The molecule has 0 saturated carbocycles. The summed E-state index contributed by atoms with van der Waals surface area (Å²) in [7, 11) is 0. The van der Waals surface area contributed by atoms with Crippen LogP contribution in [0.3, 0.4) is 0 Å². The molecular formula is C19H22O2. The zero-order chi connectivity index (χ0) is 15.0. The molecule has 0 fully saturated rings. The van der Waals surface area contributed by atoms with Gasteiger partial charge in [-0.25, -0.2) is 0 Å². The van der Waals surface area contributed by atoms with Crippen LogP contribution >= 0.6 is 0 Å². The lowest BCUT2D eigenvalue weighted by atomic mass is 9.76. The van der Waals surface area contributed by atoms with E-state index in [1.54, 1.807) is 0 Å². The molecule has 0 saturated heterocycles. The quantitative estimate of drug-likeness (QED) is 0.795. The van der Waals surface area contributed by atoms with E-state index in [2.05, 4.69) is 13.8 Å². The maximum absolute atomic E-state index is 12.7. The second-order valence-electron chi connectivity index (χ2n) is 6.32. The highest BCUT2D eigenvalue weighted by atomic mass is 16.1. The molecule has 0 spiro atoms. The van der Waals surface area contributed by atoms with Crippen LogP contribution in [-0.4, -0.2) is 11.6 Å². The largest absolute Gasteiger partial charge is 0.289 e. The Morgan fingerprint density at radius 2 is 1.62 bits per heavy atom. The van der Waals surface area contributed by atoms with Crippen molar-refractivity contribution in [3.63, 3.8) is 0 Å². The summed E-state index contributed by atoms with van der Waals surface area (Å²) in [6.45, 7) is 4.36. The minimum atomic E-state index is 0.0917. The van der Waals surface area contributed by atoms with Gasteiger partial charge < -0.3 is 0 Å². The molecule has 2 heteroatoms. The average Bonchev–Trinajstić information content (AvgIpc) is 2.52. The second kappa shape index (κ2) is 5.59. The smallest absolute Gasteiger partial charge is 0.190 e. The van der Waals surface area contributed by atoms with Crippen LogP contribution in [0.2, 0.25) is 0 Å². The lowest BCUT2D eigenvalue weighted by Gasteiger charge is -2.25. The van der Waals surface area contributed by atoms with E-state index >= 15 is 0 Å². The molecule has 21 heavy (non-hydrogen) atoms. The van der Waals surface area contributed by atoms with Crippen molar-refractivity contribution in [3.05, 3.63) is 46.0 Å². The molecule has 3 rings (SSSR count). The molecular weight excluding hydrogens is 260 g/mol. The summed E-state index contributed by atoms with van der Waals surface area (Å²) in [4.78, 5) is 25.3. The zero-order valence-electron chi connectivity index (χ0n) is 12.9. The summed E-state index contributed by atoms with van der Waals surface area (Å²) in [5.74, 6) is 0.628. The summed E-state index contributed by atoms with van der Waals surface area (Å²) in [5.41, 5.74) is 4.01. The van der Waals surface area contributed by atoms with Crippen LogP contribution in [0.25, 0.3) is 0 Å². The standard InChI is InChI=1S/C19H22O2/c1-3-6-12(2)13-9-10-16-17(11-13)19(21)15-8-5-4-7-14(15)18(16)20/h9-12H,3-8H2,1-2H3. The van der Waals surface area contributed by atoms with E-state index in [0.717, 1.165) is 49.7 Å². The van der Waals surface area contributed by atoms with Gasteiger partial charge in [-0.05, 0) is 49.7 Å². The van der Waals surface area contributed by atoms with Crippen LogP contribution in [0.4, 0.5) is 0 Å². The maximum atomic E-state index is 12.7. The van der Waals surface area contributed by atoms with E-state index in [1.165, 1.54) is 5.56 Å². The zero-order valence-corrected chi connectivity index (χ0v) is 12.9. The Kier molecular flexibility index (Phi) is 3.79. The van der Waals surface area contributed by atoms with Crippen LogP contribution < -0.4 is 0 Å². The van der Waals surface area contributed by atoms with Gasteiger partial charge in [-0.2, -0.15) is 0 Å². The van der Waals surface area contributed by atoms with Crippen LogP contribution in [0, 0.1) is 0 Å². The van der Waals surface area contributed by atoms with Gasteiger partial charge in [-0.3, -0.25) is 9.59 Å². The first kappa shape index (κ1) is 14.2. The van der Waals surface area contributed by atoms with Gasteiger partial charge in [0.25, 0.3) is 0 Å². The van der Waals surface area contributed by atoms with Crippen LogP contribution in [0.15, 0.2) is 29.3 Å². The Hall–Kier alpha value is -1.70. The van der Waals surface area contributed by atoms with Gasteiger partial charge in [0.15, 0.2) is 11.6 Å². The third-order valence-electron chi connectivity index (χ3n) is 4.84. The Balaban J connectivity index is 2.04. The number of carbonyl (C=O) groups excluding carboxylic acids is 2.